The van der Waals surface area contributed by atoms with Crippen molar-refractivity contribution in [3.8, 4) is 5.75 Å². The minimum absolute atomic E-state index is 0.0721. The third-order valence-corrected chi connectivity index (χ3v) is 8.66. The molecule has 0 fully saturated rings. The number of hydrogen-bond acceptors (Lipinski definition) is 5. The van der Waals surface area contributed by atoms with E-state index in [0.29, 0.717) is 38.2 Å². The fraction of sp³-hybridized carbons (Fsp3) is 0.385. The van der Waals surface area contributed by atoms with Crippen LogP contribution in [0.3, 0.4) is 0 Å². The molecule has 2 amide bonds. The number of nitrogens with zero attached hydrogens (tertiary/aromatic N) is 1. The maximum absolute atomic E-state index is 13.8. The first-order chi connectivity index (χ1) is 22.3. The molecule has 0 heterocycles. The van der Waals surface area contributed by atoms with E-state index >= 15 is 0 Å². The highest BCUT2D eigenvalue weighted by Crippen LogP contribution is 2.44. The average molecular weight is 624 g/mol. The van der Waals surface area contributed by atoms with E-state index in [1.807, 2.05) is 109 Å². The molecule has 0 aromatic heterocycles. The number of primary amides is 1. The molecule has 0 saturated heterocycles. The van der Waals surface area contributed by atoms with Crippen LogP contribution < -0.4 is 15.8 Å². The number of ether oxygens (including phenoxy) is 1. The van der Waals surface area contributed by atoms with Gasteiger partial charge in [0.15, 0.2) is 0 Å². The molecule has 1 unspecified atom stereocenters. The Kier molecular flexibility index (Phi) is 12.8. The topological polar surface area (TPSA) is 105 Å². The number of hydrogen-bond donors (Lipinski definition) is 3. The van der Waals surface area contributed by atoms with Gasteiger partial charge in [0, 0.05) is 37.7 Å². The minimum atomic E-state index is -1.26. The molecule has 7 heteroatoms. The van der Waals surface area contributed by atoms with Crippen molar-refractivity contribution in [2.45, 2.75) is 65.7 Å². The summed E-state index contributed by atoms with van der Waals surface area (Å²) < 4.78 is 5.99. The molecular weight excluding hydrogens is 574 g/mol. The van der Waals surface area contributed by atoms with E-state index in [-0.39, 0.29) is 18.9 Å². The molecule has 1 aliphatic rings. The van der Waals surface area contributed by atoms with Crippen LogP contribution in [0, 0.1) is 11.3 Å². The van der Waals surface area contributed by atoms with Crippen molar-refractivity contribution in [2.24, 2.45) is 17.1 Å². The van der Waals surface area contributed by atoms with Gasteiger partial charge in [-0.3, -0.25) is 9.59 Å². The van der Waals surface area contributed by atoms with Crippen LogP contribution >= 0.6 is 0 Å². The van der Waals surface area contributed by atoms with Gasteiger partial charge in [-0.05, 0) is 61.4 Å². The van der Waals surface area contributed by atoms with Gasteiger partial charge in [-0.15, -0.1) is 0 Å². The molecule has 0 bridgehead atoms. The summed E-state index contributed by atoms with van der Waals surface area (Å²) in [6.07, 6.45) is 5.03. The number of aliphatic hydroxyl groups excluding tert-OH is 1. The number of carbonyl (C=O) groups excluding carboxylic acids is 2. The van der Waals surface area contributed by atoms with Gasteiger partial charge >= 0.3 is 0 Å². The minimum Gasteiger partial charge on any atom is -0.489 e. The van der Waals surface area contributed by atoms with Gasteiger partial charge in [0.05, 0.1) is 11.5 Å². The van der Waals surface area contributed by atoms with E-state index in [2.05, 4.69) is 19.2 Å². The zero-order valence-electron chi connectivity index (χ0n) is 27.5. The first kappa shape index (κ1) is 34.7. The largest absolute Gasteiger partial charge is 0.489 e. The highest BCUT2D eigenvalue weighted by molar-refractivity contribution is 5.97. The summed E-state index contributed by atoms with van der Waals surface area (Å²) in [4.78, 5) is 29.3. The lowest BCUT2D eigenvalue weighted by molar-refractivity contribution is -0.132. The normalized spacial score (nSPS) is 17.4. The highest BCUT2D eigenvalue weighted by atomic mass is 16.5. The highest BCUT2D eigenvalue weighted by Gasteiger charge is 2.48. The van der Waals surface area contributed by atoms with Gasteiger partial charge in [0.25, 0.3) is 0 Å². The van der Waals surface area contributed by atoms with Crippen molar-refractivity contribution in [3.05, 3.63) is 125 Å². The van der Waals surface area contributed by atoms with E-state index in [4.69, 9.17) is 10.5 Å². The Balaban J connectivity index is 1.61. The number of aliphatic hydroxyl groups is 1. The van der Waals surface area contributed by atoms with Crippen molar-refractivity contribution >= 4 is 11.8 Å². The van der Waals surface area contributed by atoms with Crippen molar-refractivity contribution in [3.63, 3.8) is 0 Å². The summed E-state index contributed by atoms with van der Waals surface area (Å²) >= 11 is 0. The zero-order valence-corrected chi connectivity index (χ0v) is 27.5. The summed E-state index contributed by atoms with van der Waals surface area (Å²) in [5, 5.41) is 15.2. The summed E-state index contributed by atoms with van der Waals surface area (Å²) in [5.74, 6) is -0.480. The first-order valence-electron chi connectivity index (χ1n) is 16.4. The van der Waals surface area contributed by atoms with Crippen LogP contribution in [0.5, 0.6) is 5.75 Å². The Morgan fingerprint density at radius 2 is 1.52 bits per heavy atom. The first-order valence-corrected chi connectivity index (χ1v) is 16.4. The van der Waals surface area contributed by atoms with Crippen LogP contribution in [0.1, 0.15) is 56.7 Å². The van der Waals surface area contributed by atoms with Gasteiger partial charge < -0.3 is 25.8 Å². The molecule has 3 aromatic rings. The predicted octanol–water partition coefficient (Wildman–Crippen LogP) is 5.97. The fourth-order valence-corrected chi connectivity index (χ4v) is 6.39. The van der Waals surface area contributed by atoms with Crippen LogP contribution in [0.4, 0.5) is 0 Å². The monoisotopic (exact) mass is 623 g/mol. The van der Waals surface area contributed by atoms with Gasteiger partial charge in [-0.1, -0.05) is 104 Å². The summed E-state index contributed by atoms with van der Waals surface area (Å²) in [5.41, 5.74) is 9.46. The molecule has 0 spiro atoms. The van der Waals surface area contributed by atoms with Crippen LogP contribution in [0.15, 0.2) is 108 Å². The van der Waals surface area contributed by atoms with Crippen molar-refractivity contribution in [1.29, 1.82) is 0 Å². The second-order valence-corrected chi connectivity index (χ2v) is 12.3. The number of carbonyl (C=O) groups is 2. The Labute approximate surface area is 274 Å². The number of allylic oxidation sites excluding steroid dienone is 2. The molecule has 1 aliphatic carbocycles. The maximum atomic E-state index is 13.8. The molecule has 244 valence electrons. The molecule has 4 rings (SSSR count). The smallest absolute Gasteiger partial charge is 0.249 e. The maximum Gasteiger partial charge on any atom is 0.249 e. The number of amides is 2. The Bertz CT molecular complexity index is 1460. The standard InChI is InChI=1S/C39H49N3O4/c1-4-20-42(21-5-2)37(44)33-22-29(3)24-39(25-33,38(40)45)35(36(43)27-41-26-31-12-8-6-9-13-31)23-30-16-18-34(19-17-30)46-28-32-14-10-7-11-15-32/h6-19,22,24,35-36,41,43H,4-5,20-21,23,25-28H2,1-3H3,(H2,40,45)/t35-,36+,39?/m1/s1. The lowest BCUT2D eigenvalue weighted by atomic mass is 9.63. The quantitative estimate of drug-likeness (QED) is 0.172. The molecule has 0 saturated carbocycles. The lowest BCUT2D eigenvalue weighted by Crippen LogP contribution is -2.51. The SMILES string of the molecule is CCCN(CCC)C(=O)C1=CC(C)=CC(C(N)=O)([C@H](Cc2ccc(OCc3ccccc3)cc2)[C@@H](O)CNCc2ccccc2)C1. The molecule has 3 aromatic carbocycles. The van der Waals surface area contributed by atoms with Crippen LogP contribution in [0.2, 0.25) is 0 Å². The summed E-state index contributed by atoms with van der Waals surface area (Å²) in [6, 6.07) is 27.7. The molecule has 46 heavy (non-hydrogen) atoms. The fourth-order valence-electron chi connectivity index (χ4n) is 6.39. The molecule has 3 atom stereocenters. The van der Waals surface area contributed by atoms with E-state index in [1.165, 1.54) is 0 Å². The molecule has 7 nitrogen and oxygen atoms in total. The average Bonchev–Trinajstić information content (AvgIpc) is 3.06. The number of rotatable bonds is 17. The van der Waals surface area contributed by atoms with E-state index in [1.54, 1.807) is 0 Å². The Morgan fingerprint density at radius 3 is 2.11 bits per heavy atom. The van der Waals surface area contributed by atoms with Crippen molar-refractivity contribution < 1.29 is 19.4 Å². The molecule has 0 aliphatic heterocycles. The second kappa shape index (κ2) is 16.9. The Morgan fingerprint density at radius 1 is 0.913 bits per heavy atom. The zero-order chi connectivity index (χ0) is 32.9. The second-order valence-electron chi connectivity index (χ2n) is 12.3. The van der Waals surface area contributed by atoms with Crippen LogP contribution in [0.25, 0.3) is 0 Å². The van der Waals surface area contributed by atoms with Gasteiger partial charge in [-0.2, -0.15) is 0 Å². The number of benzene rings is 3. The van der Waals surface area contributed by atoms with E-state index in [9.17, 15) is 14.7 Å². The third kappa shape index (κ3) is 9.18. The summed E-state index contributed by atoms with van der Waals surface area (Å²) in [7, 11) is 0. The Hall–Kier alpha value is -4.20. The molecular formula is C39H49N3O4. The lowest BCUT2D eigenvalue weighted by Gasteiger charge is -2.42. The number of nitrogens with one attached hydrogen (secondary N) is 1. The van der Waals surface area contributed by atoms with Crippen molar-refractivity contribution in [1.82, 2.24) is 10.2 Å². The van der Waals surface area contributed by atoms with Gasteiger partial charge in [-0.25, -0.2) is 0 Å². The number of nitrogens with two attached hydrogens (primary N) is 1. The molecule has 0 radical (unpaired) electrons. The summed E-state index contributed by atoms with van der Waals surface area (Å²) in [6.45, 7) is 8.57. The third-order valence-electron chi connectivity index (χ3n) is 8.66. The predicted molar refractivity (Wildman–Crippen MR) is 184 cm³/mol. The van der Waals surface area contributed by atoms with Crippen LogP contribution in [-0.4, -0.2) is 47.6 Å². The van der Waals surface area contributed by atoms with E-state index < -0.39 is 23.3 Å². The molecule has 4 N–H and O–H groups in total. The van der Waals surface area contributed by atoms with Gasteiger partial charge in [0.2, 0.25) is 11.8 Å². The van der Waals surface area contributed by atoms with E-state index in [0.717, 1.165) is 40.9 Å². The van der Waals surface area contributed by atoms with Crippen LogP contribution in [-0.2, 0) is 29.2 Å². The van der Waals surface area contributed by atoms with Crippen molar-refractivity contribution in [2.75, 3.05) is 19.6 Å². The van der Waals surface area contributed by atoms with Gasteiger partial charge in [0.1, 0.15) is 12.4 Å².